The first-order chi connectivity index (χ1) is 10.2. The molecule has 106 valence electrons. The highest BCUT2D eigenvalue weighted by Gasteiger charge is 2.07. The number of nitrogens with zero attached hydrogens (tertiary/aromatic N) is 1. The summed E-state index contributed by atoms with van der Waals surface area (Å²) in [6.07, 6.45) is 0.304. The lowest BCUT2D eigenvalue weighted by Crippen LogP contribution is -2.03. The molecule has 0 saturated heterocycles. The van der Waals surface area contributed by atoms with E-state index < -0.39 is 0 Å². The molecule has 0 atom stereocenters. The van der Waals surface area contributed by atoms with Crippen LogP contribution >= 0.6 is 0 Å². The van der Waals surface area contributed by atoms with Crippen LogP contribution in [0.25, 0.3) is 0 Å². The molecule has 0 saturated carbocycles. The molecule has 0 fully saturated rings. The van der Waals surface area contributed by atoms with Crippen LogP contribution in [0.15, 0.2) is 48.5 Å². The standard InChI is InChI=1S/C17H15NO3/c1-20-17(19)15-7-4-5-13(11-15)12-21-16-8-3-2-6-14(16)9-10-18/h2-8,11H,9,12H2,1H3. The second-order valence-electron chi connectivity index (χ2n) is 4.42. The molecular weight excluding hydrogens is 266 g/mol. The van der Waals surface area contributed by atoms with Gasteiger partial charge in [0.1, 0.15) is 12.4 Å². The number of ether oxygens (including phenoxy) is 2. The van der Waals surface area contributed by atoms with Crippen LogP contribution in [0.5, 0.6) is 5.75 Å². The molecule has 0 unspecified atom stereocenters. The van der Waals surface area contributed by atoms with Crippen molar-refractivity contribution in [2.75, 3.05) is 7.11 Å². The molecule has 0 aliphatic rings. The van der Waals surface area contributed by atoms with Gasteiger partial charge in [0.25, 0.3) is 0 Å². The molecule has 4 heteroatoms. The van der Waals surface area contributed by atoms with Gasteiger partial charge >= 0.3 is 5.97 Å². The number of carbonyl (C=O) groups is 1. The van der Waals surface area contributed by atoms with Gasteiger partial charge in [0.15, 0.2) is 0 Å². The van der Waals surface area contributed by atoms with E-state index in [1.165, 1.54) is 7.11 Å². The van der Waals surface area contributed by atoms with Crippen molar-refractivity contribution in [2.45, 2.75) is 13.0 Å². The first kappa shape index (κ1) is 14.6. The normalized spacial score (nSPS) is 9.71. The third-order valence-electron chi connectivity index (χ3n) is 2.98. The maximum atomic E-state index is 11.5. The lowest BCUT2D eigenvalue weighted by atomic mass is 10.1. The molecule has 0 aromatic heterocycles. The molecule has 4 nitrogen and oxygen atoms in total. The van der Waals surface area contributed by atoms with E-state index in [2.05, 4.69) is 10.8 Å². The number of hydrogen-bond acceptors (Lipinski definition) is 4. The first-order valence-electron chi connectivity index (χ1n) is 6.49. The minimum atomic E-state index is -0.373. The molecule has 2 rings (SSSR count). The molecule has 0 spiro atoms. The lowest BCUT2D eigenvalue weighted by Gasteiger charge is -2.10. The molecule has 2 aromatic carbocycles. The molecule has 0 amide bonds. The number of carbonyl (C=O) groups excluding carboxylic acids is 1. The lowest BCUT2D eigenvalue weighted by molar-refractivity contribution is 0.0600. The van der Waals surface area contributed by atoms with Crippen molar-refractivity contribution in [2.24, 2.45) is 0 Å². The molecule has 0 aliphatic heterocycles. The monoisotopic (exact) mass is 281 g/mol. The van der Waals surface area contributed by atoms with Gasteiger partial charge in [-0.2, -0.15) is 5.26 Å². The number of esters is 1. The van der Waals surface area contributed by atoms with Gasteiger partial charge in [0, 0.05) is 5.56 Å². The second kappa shape index (κ2) is 7.11. The summed E-state index contributed by atoms with van der Waals surface area (Å²) in [5, 5.41) is 8.80. The maximum Gasteiger partial charge on any atom is 0.337 e. The predicted octanol–water partition coefficient (Wildman–Crippen LogP) is 3.12. The number of rotatable bonds is 5. The fraction of sp³-hybridized carbons (Fsp3) is 0.176. The van der Waals surface area contributed by atoms with Crippen LogP contribution in [0, 0.1) is 11.3 Å². The van der Waals surface area contributed by atoms with Crippen LogP contribution in [0.2, 0.25) is 0 Å². The zero-order valence-electron chi connectivity index (χ0n) is 11.7. The molecule has 0 radical (unpaired) electrons. The van der Waals surface area contributed by atoms with Crippen LogP contribution in [-0.2, 0) is 17.8 Å². The summed E-state index contributed by atoms with van der Waals surface area (Å²) in [6, 6.07) is 16.6. The van der Waals surface area contributed by atoms with Gasteiger partial charge in [-0.05, 0) is 23.8 Å². The summed E-state index contributed by atoms with van der Waals surface area (Å²) >= 11 is 0. The van der Waals surface area contributed by atoms with Crippen molar-refractivity contribution in [3.8, 4) is 11.8 Å². The smallest absolute Gasteiger partial charge is 0.337 e. The molecule has 0 bridgehead atoms. The van der Waals surface area contributed by atoms with Crippen molar-refractivity contribution in [3.63, 3.8) is 0 Å². The van der Waals surface area contributed by atoms with E-state index in [9.17, 15) is 4.79 Å². The Labute approximate surface area is 123 Å². The summed E-state index contributed by atoms with van der Waals surface area (Å²) in [4.78, 5) is 11.5. The Balaban J connectivity index is 2.10. The molecule has 0 aliphatic carbocycles. The first-order valence-corrected chi connectivity index (χ1v) is 6.49. The van der Waals surface area contributed by atoms with E-state index in [0.29, 0.717) is 24.3 Å². The Kier molecular flexibility index (Phi) is 4.94. The van der Waals surface area contributed by atoms with Crippen LogP contribution in [0.3, 0.4) is 0 Å². The number of methoxy groups -OCH3 is 1. The Bertz CT molecular complexity index is 674. The quantitative estimate of drug-likeness (QED) is 0.790. The maximum absolute atomic E-state index is 11.5. The number of para-hydroxylation sites is 1. The van der Waals surface area contributed by atoms with Crippen LogP contribution in [-0.4, -0.2) is 13.1 Å². The highest BCUT2D eigenvalue weighted by Crippen LogP contribution is 2.20. The SMILES string of the molecule is COC(=O)c1cccc(COc2ccccc2CC#N)c1. The Morgan fingerprint density at radius 3 is 2.76 bits per heavy atom. The van der Waals surface area contributed by atoms with Crippen LogP contribution < -0.4 is 4.74 Å². The van der Waals surface area contributed by atoms with Crippen LogP contribution in [0.1, 0.15) is 21.5 Å². The Hall–Kier alpha value is -2.80. The van der Waals surface area contributed by atoms with Crippen molar-refractivity contribution in [3.05, 3.63) is 65.2 Å². The van der Waals surface area contributed by atoms with E-state index >= 15 is 0 Å². The van der Waals surface area contributed by atoms with E-state index in [0.717, 1.165) is 11.1 Å². The highest BCUT2D eigenvalue weighted by molar-refractivity contribution is 5.89. The molecule has 0 N–H and O–H groups in total. The largest absolute Gasteiger partial charge is 0.489 e. The van der Waals surface area contributed by atoms with Crippen molar-refractivity contribution >= 4 is 5.97 Å². The van der Waals surface area contributed by atoms with E-state index in [1.807, 2.05) is 30.3 Å². The van der Waals surface area contributed by atoms with E-state index in [1.54, 1.807) is 18.2 Å². The minimum absolute atomic E-state index is 0.304. The third kappa shape index (κ3) is 3.83. The molecule has 0 heterocycles. The van der Waals surface area contributed by atoms with Crippen molar-refractivity contribution in [1.29, 1.82) is 5.26 Å². The fourth-order valence-corrected chi connectivity index (χ4v) is 1.94. The summed E-state index contributed by atoms with van der Waals surface area (Å²) in [5.74, 6) is 0.309. The molecule has 21 heavy (non-hydrogen) atoms. The van der Waals surface area contributed by atoms with Gasteiger partial charge in [-0.25, -0.2) is 4.79 Å². The van der Waals surface area contributed by atoms with E-state index in [-0.39, 0.29) is 5.97 Å². The van der Waals surface area contributed by atoms with Crippen LogP contribution in [0.4, 0.5) is 0 Å². The predicted molar refractivity (Wildman–Crippen MR) is 77.9 cm³/mol. The number of hydrogen-bond donors (Lipinski definition) is 0. The average Bonchev–Trinajstić information content (AvgIpc) is 2.54. The van der Waals surface area contributed by atoms with Gasteiger partial charge in [-0.3, -0.25) is 0 Å². The van der Waals surface area contributed by atoms with Gasteiger partial charge < -0.3 is 9.47 Å². The zero-order chi connectivity index (χ0) is 15.1. The zero-order valence-corrected chi connectivity index (χ0v) is 11.7. The van der Waals surface area contributed by atoms with Gasteiger partial charge in [-0.15, -0.1) is 0 Å². The summed E-state index contributed by atoms with van der Waals surface area (Å²) in [6.45, 7) is 0.327. The summed E-state index contributed by atoms with van der Waals surface area (Å²) in [5.41, 5.74) is 2.21. The topological polar surface area (TPSA) is 59.3 Å². The van der Waals surface area contributed by atoms with Crippen molar-refractivity contribution < 1.29 is 14.3 Å². The Morgan fingerprint density at radius 1 is 1.19 bits per heavy atom. The van der Waals surface area contributed by atoms with Gasteiger partial charge in [0.05, 0.1) is 25.2 Å². The minimum Gasteiger partial charge on any atom is -0.489 e. The fourth-order valence-electron chi connectivity index (χ4n) is 1.94. The second-order valence-corrected chi connectivity index (χ2v) is 4.42. The number of benzene rings is 2. The average molecular weight is 281 g/mol. The van der Waals surface area contributed by atoms with E-state index in [4.69, 9.17) is 10.00 Å². The third-order valence-corrected chi connectivity index (χ3v) is 2.98. The highest BCUT2D eigenvalue weighted by atomic mass is 16.5. The van der Waals surface area contributed by atoms with Crippen molar-refractivity contribution in [1.82, 2.24) is 0 Å². The Morgan fingerprint density at radius 2 is 2.00 bits per heavy atom. The summed E-state index contributed by atoms with van der Waals surface area (Å²) in [7, 11) is 1.35. The van der Waals surface area contributed by atoms with Gasteiger partial charge in [0.2, 0.25) is 0 Å². The number of nitriles is 1. The van der Waals surface area contributed by atoms with Gasteiger partial charge in [-0.1, -0.05) is 30.3 Å². The molecule has 2 aromatic rings. The summed E-state index contributed by atoms with van der Waals surface area (Å²) < 4.78 is 10.4. The molecular formula is C17H15NO3.